The maximum absolute atomic E-state index is 14.0. The van der Waals surface area contributed by atoms with Gasteiger partial charge in [-0.3, -0.25) is 4.98 Å². The average molecular weight is 1010 g/mol. The predicted octanol–water partition coefficient (Wildman–Crippen LogP) is 14.3. The van der Waals surface area contributed by atoms with Crippen molar-refractivity contribution in [3.8, 4) is 39.5 Å². The SMILES string of the molecule is C[Si](C)(C)c1ccc(-c2[c-]cccc2)nc1.Fc1cc(F)cc(-c2ccc3sc4c(-c5nc6ccccc6n5-c5ccc6sc7ccccc7c6c5)[c-]ccc4c3c2)c1.[Ir]. The number of hydrogen-bond donors (Lipinski definition) is 0. The predicted molar refractivity (Wildman–Crippen MR) is 248 cm³/mol. The molecule has 295 valence electrons. The van der Waals surface area contributed by atoms with Crippen molar-refractivity contribution < 1.29 is 28.9 Å². The van der Waals surface area contributed by atoms with E-state index in [9.17, 15) is 8.78 Å². The van der Waals surface area contributed by atoms with E-state index in [4.69, 9.17) is 4.98 Å². The molecule has 0 saturated heterocycles. The Kier molecular flexibility index (Phi) is 10.7. The van der Waals surface area contributed by atoms with Gasteiger partial charge in [0.25, 0.3) is 0 Å². The molecular weight excluding hydrogens is 977 g/mol. The van der Waals surface area contributed by atoms with E-state index < -0.39 is 19.7 Å². The molecule has 1 radical (unpaired) electrons. The Hall–Kier alpha value is -5.67. The van der Waals surface area contributed by atoms with Gasteiger partial charge in [-0.2, -0.15) is 11.3 Å². The van der Waals surface area contributed by atoms with E-state index in [1.54, 1.807) is 22.7 Å². The number of thiophene rings is 2. The molecule has 0 unspecified atom stereocenters. The molecule has 0 aliphatic heterocycles. The molecule has 0 fully saturated rings. The molecule has 11 aromatic rings. The van der Waals surface area contributed by atoms with Crippen molar-refractivity contribution in [2.45, 2.75) is 19.6 Å². The Morgan fingerprint density at radius 2 is 1.33 bits per heavy atom. The molecule has 3 nitrogen and oxygen atoms in total. The normalized spacial score (nSPS) is 11.6. The van der Waals surface area contributed by atoms with Crippen molar-refractivity contribution in [3.63, 3.8) is 0 Å². The third kappa shape index (κ3) is 7.42. The van der Waals surface area contributed by atoms with Crippen LogP contribution in [0, 0.1) is 23.8 Å². The molecule has 0 spiro atoms. The van der Waals surface area contributed by atoms with Crippen LogP contribution in [0.4, 0.5) is 8.78 Å². The Labute approximate surface area is 369 Å². The number of pyridine rings is 1. The fourth-order valence-corrected chi connectivity index (χ4v) is 11.0. The zero-order valence-corrected chi connectivity index (χ0v) is 37.8. The van der Waals surface area contributed by atoms with E-state index in [0.717, 1.165) is 71.2 Å². The van der Waals surface area contributed by atoms with Crippen molar-refractivity contribution in [3.05, 3.63) is 182 Å². The van der Waals surface area contributed by atoms with Crippen LogP contribution >= 0.6 is 22.7 Å². The van der Waals surface area contributed by atoms with E-state index in [1.165, 1.54) is 37.5 Å². The van der Waals surface area contributed by atoms with Gasteiger partial charge in [0.05, 0.1) is 24.9 Å². The third-order valence-corrected chi connectivity index (χ3v) is 15.0. The zero-order valence-electron chi connectivity index (χ0n) is 32.8. The quantitative estimate of drug-likeness (QED) is 0.127. The Morgan fingerprint density at radius 1 is 0.600 bits per heavy atom. The molecule has 0 N–H and O–H groups in total. The Morgan fingerprint density at radius 3 is 2.12 bits per heavy atom. The van der Waals surface area contributed by atoms with Gasteiger partial charge in [0.2, 0.25) is 0 Å². The first kappa shape index (κ1) is 39.8. The van der Waals surface area contributed by atoms with Gasteiger partial charge in [-0.1, -0.05) is 79.1 Å². The summed E-state index contributed by atoms with van der Waals surface area (Å²) in [7, 11) is -1.23. The van der Waals surface area contributed by atoms with Crippen LogP contribution in [-0.2, 0) is 20.1 Å². The average Bonchev–Trinajstić information content (AvgIpc) is 3.94. The molecule has 9 heteroatoms. The van der Waals surface area contributed by atoms with Crippen molar-refractivity contribution in [1.82, 2.24) is 14.5 Å². The number of halogens is 2. The first-order chi connectivity index (χ1) is 28.7. The van der Waals surface area contributed by atoms with Crippen molar-refractivity contribution in [2.24, 2.45) is 0 Å². The van der Waals surface area contributed by atoms with Gasteiger partial charge in [-0.15, -0.1) is 65.4 Å². The van der Waals surface area contributed by atoms with Crippen LogP contribution in [-0.4, -0.2) is 22.6 Å². The maximum Gasteiger partial charge on any atom is 0.126 e. The summed E-state index contributed by atoms with van der Waals surface area (Å²) in [6.07, 6.45) is 2.02. The third-order valence-electron chi connectivity index (χ3n) is 10.6. The summed E-state index contributed by atoms with van der Waals surface area (Å²) in [5.41, 5.74) is 7.24. The molecule has 11 rings (SSSR count). The molecule has 7 aromatic carbocycles. The minimum absolute atomic E-state index is 0. The largest absolute Gasteiger partial charge is 0.333 e. The molecule has 0 aliphatic rings. The number of benzene rings is 7. The van der Waals surface area contributed by atoms with Crippen molar-refractivity contribution in [1.29, 1.82) is 0 Å². The number of hydrogen-bond acceptors (Lipinski definition) is 4. The van der Waals surface area contributed by atoms with Crippen LogP contribution in [0.1, 0.15) is 0 Å². The number of fused-ring (bicyclic) bond motifs is 7. The van der Waals surface area contributed by atoms with Crippen molar-refractivity contribution in [2.75, 3.05) is 0 Å². The van der Waals surface area contributed by atoms with Crippen LogP contribution < -0.4 is 5.19 Å². The van der Waals surface area contributed by atoms with Crippen LogP contribution in [0.15, 0.2) is 158 Å². The number of rotatable bonds is 5. The van der Waals surface area contributed by atoms with Gasteiger partial charge in [-0.25, -0.2) is 8.78 Å². The zero-order chi connectivity index (χ0) is 40.3. The molecule has 0 saturated carbocycles. The summed E-state index contributed by atoms with van der Waals surface area (Å²) in [5.74, 6) is -0.353. The molecule has 4 heterocycles. The van der Waals surface area contributed by atoms with Crippen LogP contribution in [0.25, 0.3) is 90.8 Å². The number of imidazole rings is 1. The molecule has 0 aliphatic carbocycles. The maximum atomic E-state index is 14.0. The fraction of sp³-hybridized carbons (Fsp3) is 0.0588. The monoisotopic (exact) mass is 1010 g/mol. The van der Waals surface area contributed by atoms with E-state index in [-0.39, 0.29) is 20.1 Å². The number of aromatic nitrogens is 3. The van der Waals surface area contributed by atoms with Gasteiger partial charge < -0.3 is 9.55 Å². The minimum Gasteiger partial charge on any atom is -0.333 e. The summed E-state index contributed by atoms with van der Waals surface area (Å²) in [6, 6.07) is 55.9. The Balaban J connectivity index is 0.000000230. The summed E-state index contributed by atoms with van der Waals surface area (Å²) in [6.45, 7) is 7.00. The minimum atomic E-state index is -1.23. The second-order valence-corrected chi connectivity index (χ2v) is 22.8. The van der Waals surface area contributed by atoms with E-state index in [1.807, 2.05) is 72.9 Å². The summed E-state index contributed by atoms with van der Waals surface area (Å²) in [4.78, 5) is 9.67. The number of nitrogens with zero attached hydrogens (tertiary/aromatic N) is 3. The van der Waals surface area contributed by atoms with E-state index >= 15 is 0 Å². The molecule has 4 aromatic heterocycles. The van der Waals surface area contributed by atoms with Gasteiger partial charge in [0, 0.05) is 62.9 Å². The van der Waals surface area contributed by atoms with Crippen LogP contribution in [0.5, 0.6) is 0 Å². The first-order valence-corrected chi connectivity index (χ1v) is 24.5. The van der Waals surface area contributed by atoms with Gasteiger partial charge in [0.1, 0.15) is 11.6 Å². The smallest absolute Gasteiger partial charge is 0.126 e. The fourth-order valence-electron chi connectivity index (χ4n) is 7.67. The second-order valence-electron chi connectivity index (χ2n) is 15.6. The van der Waals surface area contributed by atoms with Gasteiger partial charge >= 0.3 is 0 Å². The van der Waals surface area contributed by atoms with Gasteiger partial charge in [-0.05, 0) is 92.8 Å². The van der Waals surface area contributed by atoms with Crippen molar-refractivity contribution >= 4 is 87.3 Å². The van der Waals surface area contributed by atoms with E-state index in [0.29, 0.717) is 5.56 Å². The number of para-hydroxylation sites is 2. The van der Waals surface area contributed by atoms with E-state index in [2.05, 4.69) is 108 Å². The molecule has 0 amide bonds. The topological polar surface area (TPSA) is 30.7 Å². The first-order valence-electron chi connectivity index (χ1n) is 19.3. The molecule has 60 heavy (non-hydrogen) atoms. The van der Waals surface area contributed by atoms with Crippen LogP contribution in [0.3, 0.4) is 0 Å². The summed E-state index contributed by atoms with van der Waals surface area (Å²) < 4.78 is 35.0. The van der Waals surface area contributed by atoms with Crippen LogP contribution in [0.2, 0.25) is 19.6 Å². The Bertz CT molecular complexity index is 3330. The molecule has 0 atom stereocenters. The second kappa shape index (κ2) is 16.1. The standard InChI is InChI=1S/C37H19F2N2S2.C14H16NSi.Ir/c38-23-16-22(17-24(39)19-23)21-12-14-35-29(18-21)27-7-5-8-28(36(27)43-35)37-40-31-9-2-3-10-32(31)41(37)25-13-15-34-30(20-25)26-6-1-4-11-33(26)42-34;1-16(2,3)13-9-10-14(15-11-13)12-7-5-4-6-8-12;/h1-7,9-20H;4-7,9-11H,1-3H3;/q2*-1;. The summed E-state index contributed by atoms with van der Waals surface area (Å²) in [5, 5.41) is 5.97. The van der Waals surface area contributed by atoms with Gasteiger partial charge in [0.15, 0.2) is 0 Å². The summed E-state index contributed by atoms with van der Waals surface area (Å²) >= 11 is 3.49. The molecule has 0 bridgehead atoms. The molecular formula is C51H35F2IrN3S2Si-2.